The second-order valence-electron chi connectivity index (χ2n) is 4.30. The molecule has 0 aliphatic carbocycles. The molecule has 0 saturated heterocycles. The molecule has 1 atom stereocenters. The fourth-order valence-electron chi connectivity index (χ4n) is 1.78. The van der Waals surface area contributed by atoms with Gasteiger partial charge in [-0.15, -0.1) is 0 Å². The van der Waals surface area contributed by atoms with Crippen LogP contribution in [-0.4, -0.2) is 24.9 Å². The first-order valence-electron chi connectivity index (χ1n) is 5.74. The molecule has 0 saturated carbocycles. The highest BCUT2D eigenvalue weighted by Crippen LogP contribution is 2.22. The number of rotatable bonds is 4. The quantitative estimate of drug-likeness (QED) is 0.888. The van der Waals surface area contributed by atoms with Gasteiger partial charge in [-0.3, -0.25) is 9.67 Å². The van der Waals surface area contributed by atoms with Crippen molar-refractivity contribution in [1.82, 2.24) is 19.7 Å². The molecule has 0 fully saturated rings. The summed E-state index contributed by atoms with van der Waals surface area (Å²) >= 11 is 0. The number of hydrogen-bond acceptors (Lipinski definition) is 4. The van der Waals surface area contributed by atoms with Gasteiger partial charge in [-0.2, -0.15) is 5.10 Å². The van der Waals surface area contributed by atoms with Crippen molar-refractivity contribution in [2.24, 2.45) is 0 Å². The molecule has 6 heteroatoms. The van der Waals surface area contributed by atoms with Crippen LogP contribution in [-0.2, 0) is 18.6 Å². The Kier molecular flexibility index (Phi) is 3.38. The van der Waals surface area contributed by atoms with Crippen LogP contribution >= 0.6 is 0 Å². The van der Waals surface area contributed by atoms with Crippen molar-refractivity contribution in [3.05, 3.63) is 42.0 Å². The van der Waals surface area contributed by atoms with Crippen molar-refractivity contribution in [2.75, 3.05) is 0 Å². The summed E-state index contributed by atoms with van der Waals surface area (Å²) in [5.41, 5.74) is -0.789. The van der Waals surface area contributed by atoms with Crippen LogP contribution in [0.3, 0.4) is 0 Å². The molecule has 0 aliphatic rings. The van der Waals surface area contributed by atoms with E-state index in [0.717, 1.165) is 6.20 Å². The summed E-state index contributed by atoms with van der Waals surface area (Å²) in [5.74, 6) is 0.250. The maximum atomic E-state index is 12.8. The normalized spacial score (nSPS) is 14.4. The second kappa shape index (κ2) is 4.81. The highest BCUT2D eigenvalue weighted by atomic mass is 19.1. The largest absolute Gasteiger partial charge is 0.383 e. The van der Waals surface area contributed by atoms with E-state index < -0.39 is 11.4 Å². The molecule has 0 spiro atoms. The van der Waals surface area contributed by atoms with Crippen LogP contribution in [0.15, 0.2) is 24.7 Å². The summed E-state index contributed by atoms with van der Waals surface area (Å²) in [6.45, 7) is 4.26. The van der Waals surface area contributed by atoms with E-state index in [1.165, 1.54) is 18.5 Å². The van der Waals surface area contributed by atoms with E-state index in [1.54, 1.807) is 11.6 Å². The van der Waals surface area contributed by atoms with Crippen molar-refractivity contribution < 1.29 is 9.50 Å². The Balaban J connectivity index is 2.23. The predicted molar refractivity (Wildman–Crippen MR) is 63.2 cm³/mol. The standard InChI is InChI=1S/C12H15FN4O/c1-3-17-11(15-8-16-17)6-12(2,18)10-5-4-9(13)7-14-10/h4-5,7-8,18H,3,6H2,1-2H3. The number of aliphatic hydroxyl groups is 1. The van der Waals surface area contributed by atoms with Gasteiger partial charge in [-0.1, -0.05) is 0 Å². The van der Waals surface area contributed by atoms with E-state index >= 15 is 0 Å². The zero-order valence-corrected chi connectivity index (χ0v) is 10.3. The summed E-state index contributed by atoms with van der Waals surface area (Å²) in [6, 6.07) is 2.75. The minimum atomic E-state index is -1.20. The highest BCUT2D eigenvalue weighted by Gasteiger charge is 2.27. The van der Waals surface area contributed by atoms with Crippen molar-refractivity contribution in [1.29, 1.82) is 0 Å². The molecule has 0 aliphatic heterocycles. The molecule has 2 rings (SSSR count). The average molecular weight is 250 g/mol. The fourth-order valence-corrected chi connectivity index (χ4v) is 1.78. The van der Waals surface area contributed by atoms with Gasteiger partial charge in [-0.25, -0.2) is 9.37 Å². The Labute approximate surface area is 104 Å². The summed E-state index contributed by atoms with van der Waals surface area (Å²) in [5, 5.41) is 14.4. The lowest BCUT2D eigenvalue weighted by Gasteiger charge is -2.22. The van der Waals surface area contributed by atoms with Crippen molar-refractivity contribution in [3.8, 4) is 0 Å². The average Bonchev–Trinajstić information content (AvgIpc) is 2.76. The highest BCUT2D eigenvalue weighted by molar-refractivity contribution is 5.14. The molecule has 1 N–H and O–H groups in total. The molecule has 5 nitrogen and oxygen atoms in total. The lowest BCUT2D eigenvalue weighted by Crippen LogP contribution is -2.27. The monoisotopic (exact) mass is 250 g/mol. The first kappa shape index (κ1) is 12.6. The van der Waals surface area contributed by atoms with E-state index in [2.05, 4.69) is 15.1 Å². The van der Waals surface area contributed by atoms with Gasteiger partial charge < -0.3 is 5.11 Å². The van der Waals surface area contributed by atoms with Gasteiger partial charge in [-0.05, 0) is 26.0 Å². The van der Waals surface area contributed by atoms with Crippen molar-refractivity contribution in [3.63, 3.8) is 0 Å². The third-order valence-electron chi connectivity index (χ3n) is 2.78. The lowest BCUT2D eigenvalue weighted by atomic mass is 9.97. The van der Waals surface area contributed by atoms with E-state index in [0.29, 0.717) is 18.1 Å². The smallest absolute Gasteiger partial charge is 0.141 e. The first-order chi connectivity index (χ1) is 8.53. The van der Waals surface area contributed by atoms with E-state index in [1.807, 2.05) is 6.92 Å². The molecule has 18 heavy (non-hydrogen) atoms. The Bertz CT molecular complexity index is 521. The molecule has 0 aromatic carbocycles. The molecule has 1 unspecified atom stereocenters. The Hall–Kier alpha value is -1.82. The Morgan fingerprint density at radius 3 is 2.78 bits per heavy atom. The summed E-state index contributed by atoms with van der Waals surface area (Å²) < 4.78 is 14.5. The summed E-state index contributed by atoms with van der Waals surface area (Å²) in [6.07, 6.45) is 2.82. The van der Waals surface area contributed by atoms with E-state index in [4.69, 9.17) is 0 Å². The van der Waals surface area contributed by atoms with Gasteiger partial charge in [0.15, 0.2) is 0 Å². The van der Waals surface area contributed by atoms with Crippen LogP contribution in [0, 0.1) is 5.82 Å². The SMILES string of the molecule is CCn1ncnc1CC(C)(O)c1ccc(F)cn1. The maximum Gasteiger partial charge on any atom is 0.141 e. The molecule has 0 bridgehead atoms. The van der Waals surface area contributed by atoms with Crippen LogP contribution in [0.4, 0.5) is 4.39 Å². The van der Waals surface area contributed by atoms with E-state index in [9.17, 15) is 9.50 Å². The molecular weight excluding hydrogens is 235 g/mol. The molecule has 2 heterocycles. The van der Waals surface area contributed by atoms with Gasteiger partial charge in [0.2, 0.25) is 0 Å². The predicted octanol–water partition coefficient (Wildman–Crippen LogP) is 1.28. The van der Waals surface area contributed by atoms with Gasteiger partial charge in [0.05, 0.1) is 11.9 Å². The molecule has 0 radical (unpaired) electrons. The van der Waals surface area contributed by atoms with Gasteiger partial charge in [0.25, 0.3) is 0 Å². The Morgan fingerprint density at radius 2 is 2.17 bits per heavy atom. The van der Waals surface area contributed by atoms with Crippen LogP contribution < -0.4 is 0 Å². The number of aryl methyl sites for hydroxylation is 1. The van der Waals surface area contributed by atoms with Gasteiger partial charge >= 0.3 is 0 Å². The number of pyridine rings is 1. The Morgan fingerprint density at radius 1 is 1.39 bits per heavy atom. The third-order valence-corrected chi connectivity index (χ3v) is 2.78. The second-order valence-corrected chi connectivity index (χ2v) is 4.30. The van der Waals surface area contributed by atoms with Crippen molar-refractivity contribution in [2.45, 2.75) is 32.4 Å². The van der Waals surface area contributed by atoms with E-state index in [-0.39, 0.29) is 6.42 Å². The molecule has 2 aromatic heterocycles. The zero-order valence-electron chi connectivity index (χ0n) is 10.3. The lowest BCUT2D eigenvalue weighted by molar-refractivity contribution is 0.0496. The minimum Gasteiger partial charge on any atom is -0.383 e. The number of hydrogen-bond donors (Lipinski definition) is 1. The van der Waals surface area contributed by atoms with Gasteiger partial charge in [0, 0.05) is 13.0 Å². The number of nitrogens with zero attached hydrogens (tertiary/aromatic N) is 4. The van der Waals surface area contributed by atoms with Crippen LogP contribution in [0.1, 0.15) is 25.4 Å². The summed E-state index contributed by atoms with van der Waals surface area (Å²) in [4.78, 5) is 8.01. The molecule has 0 amide bonds. The molecule has 96 valence electrons. The summed E-state index contributed by atoms with van der Waals surface area (Å²) in [7, 11) is 0. The number of halogens is 1. The van der Waals surface area contributed by atoms with Crippen molar-refractivity contribution >= 4 is 0 Å². The number of aromatic nitrogens is 4. The first-order valence-corrected chi connectivity index (χ1v) is 5.74. The topological polar surface area (TPSA) is 63.8 Å². The maximum absolute atomic E-state index is 12.8. The van der Waals surface area contributed by atoms with Crippen LogP contribution in [0.25, 0.3) is 0 Å². The molecular formula is C12H15FN4O. The van der Waals surface area contributed by atoms with Gasteiger partial charge in [0.1, 0.15) is 23.6 Å². The molecule has 2 aromatic rings. The zero-order chi connectivity index (χ0) is 13.2. The minimum absolute atomic E-state index is 0.277. The third kappa shape index (κ3) is 2.53. The fraction of sp³-hybridized carbons (Fsp3) is 0.417. The van der Waals surface area contributed by atoms with Crippen LogP contribution in [0.5, 0.6) is 0 Å². The van der Waals surface area contributed by atoms with Crippen LogP contribution in [0.2, 0.25) is 0 Å².